The van der Waals surface area contributed by atoms with Crippen LogP contribution >= 0.6 is 0 Å². The predicted molar refractivity (Wildman–Crippen MR) is 84.2 cm³/mol. The van der Waals surface area contributed by atoms with Gasteiger partial charge in [-0.25, -0.2) is 0 Å². The SMILES string of the molecule is COc1ccc(OCC(CO)NC2CC2)c(C(C)(C)C)c1. The molecule has 0 aromatic heterocycles. The number of aliphatic hydroxyl groups excluding tert-OH is 1. The van der Waals surface area contributed by atoms with Crippen molar-refractivity contribution in [2.24, 2.45) is 0 Å². The van der Waals surface area contributed by atoms with E-state index < -0.39 is 0 Å². The van der Waals surface area contributed by atoms with E-state index in [-0.39, 0.29) is 18.1 Å². The van der Waals surface area contributed by atoms with Crippen LogP contribution in [-0.2, 0) is 5.41 Å². The average molecular weight is 293 g/mol. The molecule has 1 atom stereocenters. The maximum atomic E-state index is 9.43. The minimum atomic E-state index is -0.0253. The van der Waals surface area contributed by atoms with Crippen LogP contribution in [-0.4, -0.2) is 37.5 Å². The lowest BCUT2D eigenvalue weighted by Crippen LogP contribution is -2.39. The van der Waals surface area contributed by atoms with Crippen molar-refractivity contribution in [1.82, 2.24) is 5.32 Å². The fraction of sp³-hybridized carbons (Fsp3) is 0.647. The summed E-state index contributed by atoms with van der Waals surface area (Å²) in [5.41, 5.74) is 1.09. The molecule has 2 N–H and O–H groups in total. The molecule has 1 aliphatic rings. The largest absolute Gasteiger partial charge is 0.497 e. The third-order valence-electron chi connectivity index (χ3n) is 3.70. The first-order chi connectivity index (χ1) is 9.94. The molecule has 0 radical (unpaired) electrons. The first kappa shape index (κ1) is 16.1. The molecule has 21 heavy (non-hydrogen) atoms. The van der Waals surface area contributed by atoms with Gasteiger partial charge in [-0.2, -0.15) is 0 Å². The molecule has 0 heterocycles. The van der Waals surface area contributed by atoms with E-state index in [4.69, 9.17) is 9.47 Å². The molecule has 4 nitrogen and oxygen atoms in total. The Bertz CT molecular complexity index is 464. The molecule has 0 aliphatic heterocycles. The Morgan fingerprint density at radius 1 is 1.33 bits per heavy atom. The Kier molecular flexibility index (Phi) is 5.12. The van der Waals surface area contributed by atoms with Crippen molar-refractivity contribution in [2.45, 2.75) is 51.1 Å². The molecule has 0 saturated heterocycles. The quantitative estimate of drug-likeness (QED) is 0.811. The van der Waals surface area contributed by atoms with E-state index >= 15 is 0 Å². The number of hydrogen-bond donors (Lipinski definition) is 2. The number of nitrogens with one attached hydrogen (secondary N) is 1. The van der Waals surface area contributed by atoms with Gasteiger partial charge in [0.1, 0.15) is 18.1 Å². The van der Waals surface area contributed by atoms with E-state index in [1.54, 1.807) is 7.11 Å². The fourth-order valence-corrected chi connectivity index (χ4v) is 2.28. The standard InChI is InChI=1S/C17H27NO3/c1-17(2,3)15-9-14(20-4)7-8-16(15)21-11-13(10-19)18-12-5-6-12/h7-9,12-13,18-19H,5-6,10-11H2,1-4H3. The van der Waals surface area contributed by atoms with E-state index in [1.165, 1.54) is 12.8 Å². The molecule has 0 spiro atoms. The van der Waals surface area contributed by atoms with Crippen molar-refractivity contribution in [1.29, 1.82) is 0 Å². The van der Waals surface area contributed by atoms with Gasteiger partial charge in [0.15, 0.2) is 0 Å². The number of ether oxygens (including phenoxy) is 2. The van der Waals surface area contributed by atoms with Gasteiger partial charge in [-0.1, -0.05) is 20.8 Å². The van der Waals surface area contributed by atoms with Gasteiger partial charge < -0.3 is 19.9 Å². The minimum Gasteiger partial charge on any atom is -0.497 e. The van der Waals surface area contributed by atoms with Gasteiger partial charge in [0.25, 0.3) is 0 Å². The van der Waals surface area contributed by atoms with Gasteiger partial charge in [-0.05, 0) is 36.5 Å². The Hall–Kier alpha value is -1.26. The third-order valence-corrected chi connectivity index (χ3v) is 3.70. The zero-order valence-corrected chi connectivity index (χ0v) is 13.5. The second-order valence-corrected chi connectivity index (χ2v) is 6.74. The summed E-state index contributed by atoms with van der Waals surface area (Å²) in [4.78, 5) is 0. The highest BCUT2D eigenvalue weighted by Crippen LogP contribution is 2.34. The van der Waals surface area contributed by atoms with Gasteiger partial charge in [0.05, 0.1) is 19.8 Å². The Morgan fingerprint density at radius 2 is 2.05 bits per heavy atom. The number of benzene rings is 1. The topological polar surface area (TPSA) is 50.7 Å². The fourth-order valence-electron chi connectivity index (χ4n) is 2.28. The van der Waals surface area contributed by atoms with Gasteiger partial charge in [0, 0.05) is 11.6 Å². The van der Waals surface area contributed by atoms with Gasteiger partial charge in [-0.15, -0.1) is 0 Å². The van der Waals surface area contributed by atoms with Crippen LogP contribution in [0.15, 0.2) is 18.2 Å². The van der Waals surface area contributed by atoms with Crippen molar-refractivity contribution >= 4 is 0 Å². The molecular formula is C17H27NO3. The molecule has 0 bridgehead atoms. The van der Waals surface area contributed by atoms with Crippen LogP contribution in [0.5, 0.6) is 11.5 Å². The molecule has 2 rings (SSSR count). The molecule has 1 unspecified atom stereocenters. The maximum absolute atomic E-state index is 9.43. The average Bonchev–Trinajstić information content (AvgIpc) is 3.26. The number of aliphatic hydroxyl groups is 1. The normalized spacial score (nSPS) is 16.6. The van der Waals surface area contributed by atoms with E-state index in [0.717, 1.165) is 17.1 Å². The van der Waals surface area contributed by atoms with Gasteiger partial charge in [-0.3, -0.25) is 0 Å². The lowest BCUT2D eigenvalue weighted by atomic mass is 9.86. The smallest absolute Gasteiger partial charge is 0.123 e. The van der Waals surface area contributed by atoms with Crippen LogP contribution in [0.3, 0.4) is 0 Å². The van der Waals surface area contributed by atoms with Crippen molar-refractivity contribution in [3.63, 3.8) is 0 Å². The molecule has 0 amide bonds. The van der Waals surface area contributed by atoms with Crippen LogP contribution in [0.25, 0.3) is 0 Å². The van der Waals surface area contributed by atoms with Crippen molar-refractivity contribution in [3.05, 3.63) is 23.8 Å². The highest BCUT2D eigenvalue weighted by molar-refractivity contribution is 5.44. The summed E-state index contributed by atoms with van der Waals surface area (Å²) >= 11 is 0. The zero-order valence-electron chi connectivity index (χ0n) is 13.5. The second-order valence-electron chi connectivity index (χ2n) is 6.74. The van der Waals surface area contributed by atoms with E-state index in [1.807, 2.05) is 18.2 Å². The highest BCUT2D eigenvalue weighted by Gasteiger charge is 2.25. The monoisotopic (exact) mass is 293 g/mol. The van der Waals surface area contributed by atoms with E-state index in [9.17, 15) is 5.11 Å². The zero-order chi connectivity index (χ0) is 15.5. The maximum Gasteiger partial charge on any atom is 0.123 e. The third kappa shape index (κ3) is 4.61. The molecule has 1 aromatic carbocycles. The molecule has 118 valence electrons. The lowest BCUT2D eigenvalue weighted by molar-refractivity contribution is 0.180. The van der Waals surface area contributed by atoms with E-state index in [0.29, 0.717) is 12.6 Å². The summed E-state index contributed by atoms with van der Waals surface area (Å²) < 4.78 is 11.3. The first-order valence-corrected chi connectivity index (χ1v) is 7.62. The van der Waals surface area contributed by atoms with Crippen LogP contribution in [0, 0.1) is 0 Å². The molecule has 4 heteroatoms. The molecule has 1 aliphatic carbocycles. The van der Waals surface area contributed by atoms with Crippen LogP contribution in [0.1, 0.15) is 39.2 Å². The Morgan fingerprint density at radius 3 is 2.57 bits per heavy atom. The van der Waals surface area contributed by atoms with Gasteiger partial charge in [0.2, 0.25) is 0 Å². The number of rotatable bonds is 7. The number of methoxy groups -OCH3 is 1. The highest BCUT2D eigenvalue weighted by atomic mass is 16.5. The molecular weight excluding hydrogens is 266 g/mol. The summed E-state index contributed by atoms with van der Waals surface area (Å²) in [6.45, 7) is 7.03. The summed E-state index contributed by atoms with van der Waals surface area (Å²) in [7, 11) is 1.67. The van der Waals surface area contributed by atoms with Crippen LogP contribution < -0.4 is 14.8 Å². The minimum absolute atomic E-state index is 0.00702. The van der Waals surface area contributed by atoms with Crippen molar-refractivity contribution in [2.75, 3.05) is 20.3 Å². The predicted octanol–water partition coefficient (Wildman–Crippen LogP) is 2.48. The van der Waals surface area contributed by atoms with Crippen LogP contribution in [0.4, 0.5) is 0 Å². The molecule has 1 saturated carbocycles. The second kappa shape index (κ2) is 6.67. The van der Waals surface area contributed by atoms with Crippen molar-refractivity contribution in [3.8, 4) is 11.5 Å². The Labute approximate surface area is 127 Å². The summed E-state index contributed by atoms with van der Waals surface area (Å²) in [5.74, 6) is 1.70. The lowest BCUT2D eigenvalue weighted by Gasteiger charge is -2.25. The molecule has 1 aromatic rings. The summed E-state index contributed by atoms with van der Waals surface area (Å²) in [6, 6.07) is 6.44. The van der Waals surface area contributed by atoms with Gasteiger partial charge >= 0.3 is 0 Å². The van der Waals surface area contributed by atoms with E-state index in [2.05, 4.69) is 26.1 Å². The van der Waals surface area contributed by atoms with Crippen LogP contribution in [0.2, 0.25) is 0 Å². The Balaban J connectivity index is 2.07. The first-order valence-electron chi connectivity index (χ1n) is 7.62. The van der Waals surface area contributed by atoms with Crippen molar-refractivity contribution < 1.29 is 14.6 Å². The molecule has 1 fully saturated rings. The summed E-state index contributed by atoms with van der Waals surface area (Å²) in [6.07, 6.45) is 2.40. The summed E-state index contributed by atoms with van der Waals surface area (Å²) in [5, 5.41) is 12.8. The number of hydrogen-bond acceptors (Lipinski definition) is 4.